The molecule has 1 N–H and O–H groups in total. The van der Waals surface area contributed by atoms with E-state index in [1.54, 1.807) is 0 Å². The van der Waals surface area contributed by atoms with Crippen LogP contribution >= 0.6 is 15.9 Å². The molecule has 1 unspecified atom stereocenters. The van der Waals surface area contributed by atoms with Crippen LogP contribution in [0, 0.1) is 19.8 Å². The van der Waals surface area contributed by atoms with E-state index < -0.39 is 0 Å². The van der Waals surface area contributed by atoms with Crippen molar-refractivity contribution in [3.05, 3.63) is 46.1 Å². The second-order valence-electron chi connectivity index (χ2n) is 6.51. The minimum absolute atomic E-state index is 0.0415. The fourth-order valence-electron chi connectivity index (χ4n) is 2.89. The minimum atomic E-state index is -0.145. The van der Waals surface area contributed by atoms with Crippen LogP contribution in [0.1, 0.15) is 30.6 Å². The third-order valence-electron chi connectivity index (χ3n) is 4.45. The highest BCUT2D eigenvalue weighted by molar-refractivity contribution is 9.10. The Morgan fingerprint density at radius 1 is 1.31 bits per heavy atom. The molecule has 0 aliphatic carbocycles. The Kier molecular flexibility index (Phi) is 5.70. The second-order valence-corrected chi connectivity index (χ2v) is 7.30. The number of carbonyl (C=O) groups is 1. The van der Waals surface area contributed by atoms with E-state index in [0.717, 1.165) is 40.2 Å². The molecule has 1 amide bonds. The summed E-state index contributed by atoms with van der Waals surface area (Å²) in [6.07, 6.45) is 3.54. The van der Waals surface area contributed by atoms with Crippen molar-refractivity contribution in [2.45, 2.75) is 40.2 Å². The van der Waals surface area contributed by atoms with E-state index in [1.807, 2.05) is 54.2 Å². The highest BCUT2D eigenvalue weighted by atomic mass is 79.9. The minimum Gasteiger partial charge on any atom is -0.356 e. The van der Waals surface area contributed by atoms with Crippen molar-refractivity contribution in [1.29, 1.82) is 0 Å². The number of aromatic nitrogens is 5. The Bertz CT molecular complexity index is 916. The maximum atomic E-state index is 12.3. The molecule has 0 saturated heterocycles. The first-order chi connectivity index (χ1) is 12.5. The molecule has 3 heterocycles. The van der Waals surface area contributed by atoms with E-state index in [4.69, 9.17) is 0 Å². The van der Waals surface area contributed by atoms with Gasteiger partial charge >= 0.3 is 0 Å². The second kappa shape index (κ2) is 7.99. The normalized spacial score (nSPS) is 12.5. The van der Waals surface area contributed by atoms with Gasteiger partial charge in [-0.1, -0.05) is 13.0 Å². The summed E-state index contributed by atoms with van der Waals surface area (Å²) in [6, 6.07) is 5.83. The molecule has 0 radical (unpaired) electrons. The van der Waals surface area contributed by atoms with Gasteiger partial charge in [0.1, 0.15) is 5.82 Å². The molecule has 8 heteroatoms. The SMILES string of the molecule is Cc1nn(CC(C)C(=O)NCCCc2nnc3ccccn23)c(C)c1Br. The third-order valence-corrected chi connectivity index (χ3v) is 5.60. The van der Waals surface area contributed by atoms with Crippen molar-refractivity contribution in [2.75, 3.05) is 6.54 Å². The first-order valence-corrected chi connectivity index (χ1v) is 9.52. The molecule has 0 saturated carbocycles. The summed E-state index contributed by atoms with van der Waals surface area (Å²) >= 11 is 3.52. The summed E-state index contributed by atoms with van der Waals surface area (Å²) in [5.41, 5.74) is 2.83. The summed E-state index contributed by atoms with van der Waals surface area (Å²) in [6.45, 7) is 7.06. The molecule has 3 aromatic heterocycles. The van der Waals surface area contributed by atoms with Crippen LogP contribution in [0.2, 0.25) is 0 Å². The average molecular weight is 419 g/mol. The number of fused-ring (bicyclic) bond motifs is 1. The van der Waals surface area contributed by atoms with Crippen LogP contribution in [0.3, 0.4) is 0 Å². The molecule has 0 aliphatic heterocycles. The number of carbonyl (C=O) groups excluding carboxylic acids is 1. The largest absolute Gasteiger partial charge is 0.356 e. The van der Waals surface area contributed by atoms with E-state index in [9.17, 15) is 4.79 Å². The van der Waals surface area contributed by atoms with Gasteiger partial charge in [-0.3, -0.25) is 13.9 Å². The molecular weight excluding hydrogens is 396 g/mol. The van der Waals surface area contributed by atoms with Crippen LogP contribution in [-0.2, 0) is 17.8 Å². The lowest BCUT2D eigenvalue weighted by Crippen LogP contribution is -2.32. The smallest absolute Gasteiger partial charge is 0.224 e. The number of amides is 1. The zero-order chi connectivity index (χ0) is 18.7. The maximum Gasteiger partial charge on any atom is 0.224 e. The maximum absolute atomic E-state index is 12.3. The van der Waals surface area contributed by atoms with Gasteiger partial charge in [-0.05, 0) is 48.3 Å². The lowest BCUT2D eigenvalue weighted by Gasteiger charge is -2.13. The fraction of sp³-hybridized carbons (Fsp3) is 0.444. The summed E-state index contributed by atoms with van der Waals surface area (Å²) in [5.74, 6) is 0.809. The van der Waals surface area contributed by atoms with Crippen LogP contribution in [-0.4, -0.2) is 36.8 Å². The fourth-order valence-corrected chi connectivity index (χ4v) is 3.17. The van der Waals surface area contributed by atoms with E-state index in [2.05, 4.69) is 36.5 Å². The number of nitrogens with one attached hydrogen (secondary N) is 1. The average Bonchev–Trinajstić information content (AvgIpc) is 3.15. The van der Waals surface area contributed by atoms with Crippen LogP contribution in [0.5, 0.6) is 0 Å². The van der Waals surface area contributed by atoms with Gasteiger partial charge in [-0.15, -0.1) is 10.2 Å². The lowest BCUT2D eigenvalue weighted by molar-refractivity contribution is -0.124. The van der Waals surface area contributed by atoms with Gasteiger partial charge in [-0.25, -0.2) is 0 Å². The molecule has 0 spiro atoms. The molecule has 0 aromatic carbocycles. The Hall–Kier alpha value is -2.22. The number of nitrogens with zero attached hydrogens (tertiary/aromatic N) is 5. The molecule has 3 aromatic rings. The van der Waals surface area contributed by atoms with Crippen molar-refractivity contribution >= 4 is 27.5 Å². The van der Waals surface area contributed by atoms with Crippen molar-refractivity contribution in [3.63, 3.8) is 0 Å². The summed E-state index contributed by atoms with van der Waals surface area (Å²) in [7, 11) is 0. The number of pyridine rings is 1. The van der Waals surface area contributed by atoms with Gasteiger partial charge < -0.3 is 5.32 Å². The molecular formula is C18H23BrN6O. The standard InChI is InChI=1S/C18H23BrN6O/c1-12(11-25-14(3)17(19)13(2)23-25)18(26)20-9-6-8-16-22-21-15-7-4-5-10-24(15)16/h4-5,7,10,12H,6,8-9,11H2,1-3H3,(H,20,26). The van der Waals surface area contributed by atoms with Crippen molar-refractivity contribution < 1.29 is 4.79 Å². The zero-order valence-electron chi connectivity index (χ0n) is 15.2. The number of halogens is 1. The van der Waals surface area contributed by atoms with Gasteiger partial charge in [0, 0.05) is 24.9 Å². The molecule has 3 rings (SSSR count). The van der Waals surface area contributed by atoms with Gasteiger partial charge in [0.15, 0.2) is 5.65 Å². The topological polar surface area (TPSA) is 77.1 Å². The molecule has 26 heavy (non-hydrogen) atoms. The van der Waals surface area contributed by atoms with Crippen molar-refractivity contribution in [2.24, 2.45) is 5.92 Å². The number of hydrogen-bond acceptors (Lipinski definition) is 4. The highest BCUT2D eigenvalue weighted by Crippen LogP contribution is 2.20. The monoisotopic (exact) mass is 418 g/mol. The Balaban J connectivity index is 1.47. The van der Waals surface area contributed by atoms with E-state index in [-0.39, 0.29) is 11.8 Å². The molecule has 7 nitrogen and oxygen atoms in total. The van der Waals surface area contributed by atoms with E-state index in [0.29, 0.717) is 13.1 Å². The van der Waals surface area contributed by atoms with Gasteiger partial charge in [0.25, 0.3) is 0 Å². The Labute approximate surface area is 160 Å². The number of aryl methyl sites for hydroxylation is 2. The molecule has 0 bridgehead atoms. The molecule has 138 valence electrons. The van der Waals surface area contributed by atoms with Crippen LogP contribution in [0.4, 0.5) is 0 Å². The lowest BCUT2D eigenvalue weighted by atomic mass is 10.1. The summed E-state index contributed by atoms with van der Waals surface area (Å²) in [4.78, 5) is 12.3. The molecule has 0 fully saturated rings. The third kappa shape index (κ3) is 3.95. The van der Waals surface area contributed by atoms with Gasteiger partial charge in [0.05, 0.1) is 22.6 Å². The molecule has 0 aliphatic rings. The van der Waals surface area contributed by atoms with Crippen molar-refractivity contribution in [3.8, 4) is 0 Å². The summed E-state index contributed by atoms with van der Waals surface area (Å²) in [5, 5.41) is 15.8. The predicted octanol–water partition coefficient (Wildman–Crippen LogP) is 2.69. The Morgan fingerprint density at radius 2 is 2.12 bits per heavy atom. The van der Waals surface area contributed by atoms with Crippen LogP contribution in [0.15, 0.2) is 28.9 Å². The van der Waals surface area contributed by atoms with E-state index in [1.165, 1.54) is 0 Å². The van der Waals surface area contributed by atoms with E-state index >= 15 is 0 Å². The van der Waals surface area contributed by atoms with Gasteiger partial charge in [0.2, 0.25) is 5.91 Å². The quantitative estimate of drug-likeness (QED) is 0.598. The van der Waals surface area contributed by atoms with Crippen LogP contribution < -0.4 is 5.32 Å². The number of rotatable bonds is 7. The first-order valence-electron chi connectivity index (χ1n) is 8.73. The predicted molar refractivity (Wildman–Crippen MR) is 103 cm³/mol. The summed E-state index contributed by atoms with van der Waals surface area (Å²) < 4.78 is 4.86. The Morgan fingerprint density at radius 3 is 2.85 bits per heavy atom. The first kappa shape index (κ1) is 18.6. The van der Waals surface area contributed by atoms with Crippen molar-refractivity contribution in [1.82, 2.24) is 29.7 Å². The van der Waals surface area contributed by atoms with Crippen LogP contribution in [0.25, 0.3) is 5.65 Å². The van der Waals surface area contributed by atoms with Gasteiger partial charge in [-0.2, -0.15) is 5.10 Å². The highest BCUT2D eigenvalue weighted by Gasteiger charge is 2.17. The zero-order valence-corrected chi connectivity index (χ0v) is 16.8. The number of hydrogen-bond donors (Lipinski definition) is 1. The molecule has 1 atom stereocenters.